The van der Waals surface area contributed by atoms with Crippen molar-refractivity contribution in [2.24, 2.45) is 5.41 Å². The van der Waals surface area contributed by atoms with Gasteiger partial charge in [0.1, 0.15) is 0 Å². The molecule has 0 bridgehead atoms. The molecule has 4 heteroatoms. The first kappa shape index (κ1) is 13.2. The SMILES string of the molecule is O=C(CC1(CS)CC1)NCCOC1CCCC1. The lowest BCUT2D eigenvalue weighted by Gasteiger charge is -2.13. The summed E-state index contributed by atoms with van der Waals surface area (Å²) in [5.74, 6) is 0.991. The predicted octanol–water partition coefficient (Wildman–Crippen LogP) is 2.16. The van der Waals surface area contributed by atoms with Crippen LogP contribution in [0.5, 0.6) is 0 Å². The van der Waals surface area contributed by atoms with Gasteiger partial charge < -0.3 is 10.1 Å². The maximum Gasteiger partial charge on any atom is 0.220 e. The number of hydrogen-bond donors (Lipinski definition) is 2. The molecule has 0 aliphatic heterocycles. The van der Waals surface area contributed by atoms with Crippen LogP contribution in [0.4, 0.5) is 0 Å². The van der Waals surface area contributed by atoms with Crippen molar-refractivity contribution >= 4 is 18.5 Å². The number of carbonyl (C=O) groups excluding carboxylic acids is 1. The zero-order valence-electron chi connectivity index (χ0n) is 10.4. The number of rotatable bonds is 7. The summed E-state index contributed by atoms with van der Waals surface area (Å²) in [6, 6.07) is 0. The first-order chi connectivity index (χ1) is 8.24. The molecule has 1 amide bonds. The Labute approximate surface area is 109 Å². The van der Waals surface area contributed by atoms with Gasteiger partial charge in [-0.1, -0.05) is 12.8 Å². The molecule has 0 heterocycles. The average molecular weight is 257 g/mol. The molecule has 3 nitrogen and oxygen atoms in total. The van der Waals surface area contributed by atoms with E-state index in [4.69, 9.17) is 4.74 Å². The Morgan fingerprint density at radius 1 is 1.35 bits per heavy atom. The third kappa shape index (κ3) is 4.18. The van der Waals surface area contributed by atoms with Crippen molar-refractivity contribution < 1.29 is 9.53 Å². The number of ether oxygens (including phenoxy) is 1. The van der Waals surface area contributed by atoms with Gasteiger partial charge in [-0.2, -0.15) is 12.6 Å². The van der Waals surface area contributed by atoms with Crippen LogP contribution in [0.15, 0.2) is 0 Å². The Morgan fingerprint density at radius 3 is 2.65 bits per heavy atom. The molecule has 2 aliphatic rings. The van der Waals surface area contributed by atoms with Crippen LogP contribution in [0.2, 0.25) is 0 Å². The van der Waals surface area contributed by atoms with Crippen molar-refractivity contribution in [1.82, 2.24) is 5.32 Å². The fraction of sp³-hybridized carbons (Fsp3) is 0.923. The lowest BCUT2D eigenvalue weighted by Crippen LogP contribution is -2.30. The Morgan fingerprint density at radius 2 is 2.06 bits per heavy atom. The highest BCUT2D eigenvalue weighted by Gasteiger charge is 2.42. The molecule has 0 aromatic heterocycles. The minimum absolute atomic E-state index is 0.159. The molecule has 0 aromatic rings. The van der Waals surface area contributed by atoms with Crippen LogP contribution < -0.4 is 5.32 Å². The first-order valence-electron chi connectivity index (χ1n) is 6.73. The summed E-state index contributed by atoms with van der Waals surface area (Å²) in [6.45, 7) is 1.31. The summed E-state index contributed by atoms with van der Waals surface area (Å²) in [5.41, 5.74) is 0.222. The average Bonchev–Trinajstić information content (AvgIpc) is 2.90. The van der Waals surface area contributed by atoms with Gasteiger partial charge in [0.05, 0.1) is 12.7 Å². The largest absolute Gasteiger partial charge is 0.376 e. The molecule has 0 saturated heterocycles. The second kappa shape index (κ2) is 6.10. The third-order valence-electron chi connectivity index (χ3n) is 3.91. The Bertz CT molecular complexity index is 260. The molecule has 98 valence electrons. The van der Waals surface area contributed by atoms with Gasteiger partial charge in [0.15, 0.2) is 0 Å². The van der Waals surface area contributed by atoms with Crippen LogP contribution in [0, 0.1) is 5.41 Å². The minimum Gasteiger partial charge on any atom is -0.376 e. The second-order valence-electron chi connectivity index (χ2n) is 5.46. The molecule has 0 atom stereocenters. The number of thiol groups is 1. The minimum atomic E-state index is 0.159. The van der Waals surface area contributed by atoms with Crippen LogP contribution in [-0.2, 0) is 9.53 Å². The maximum atomic E-state index is 11.7. The molecule has 2 saturated carbocycles. The summed E-state index contributed by atoms with van der Waals surface area (Å²) in [7, 11) is 0. The molecule has 2 rings (SSSR count). The van der Waals surface area contributed by atoms with Gasteiger partial charge in [-0.15, -0.1) is 0 Å². The maximum absolute atomic E-state index is 11.7. The van der Waals surface area contributed by atoms with E-state index in [0.29, 0.717) is 25.7 Å². The summed E-state index contributed by atoms with van der Waals surface area (Å²) < 4.78 is 5.70. The van der Waals surface area contributed by atoms with E-state index in [1.807, 2.05) is 0 Å². The summed E-state index contributed by atoms with van der Waals surface area (Å²) in [6.07, 6.45) is 8.36. The Balaban J connectivity index is 1.51. The van der Waals surface area contributed by atoms with Crippen molar-refractivity contribution in [3.8, 4) is 0 Å². The van der Waals surface area contributed by atoms with E-state index < -0.39 is 0 Å². The number of amides is 1. The van der Waals surface area contributed by atoms with Gasteiger partial charge in [0.25, 0.3) is 0 Å². The molecular formula is C13H23NO2S. The number of hydrogen-bond acceptors (Lipinski definition) is 3. The number of carbonyl (C=O) groups is 1. The van der Waals surface area contributed by atoms with Gasteiger partial charge in [-0.05, 0) is 36.9 Å². The molecule has 0 aromatic carbocycles. The number of nitrogens with one attached hydrogen (secondary N) is 1. The second-order valence-corrected chi connectivity index (χ2v) is 5.78. The van der Waals surface area contributed by atoms with Gasteiger partial charge in [0, 0.05) is 13.0 Å². The van der Waals surface area contributed by atoms with Crippen LogP contribution in [-0.4, -0.2) is 30.9 Å². The van der Waals surface area contributed by atoms with Crippen molar-refractivity contribution in [2.45, 2.75) is 51.0 Å². The van der Waals surface area contributed by atoms with Crippen LogP contribution in [0.3, 0.4) is 0 Å². The molecule has 0 radical (unpaired) electrons. The summed E-state index contributed by atoms with van der Waals surface area (Å²) >= 11 is 4.30. The van der Waals surface area contributed by atoms with E-state index in [0.717, 1.165) is 18.6 Å². The zero-order valence-corrected chi connectivity index (χ0v) is 11.3. The smallest absolute Gasteiger partial charge is 0.220 e. The van der Waals surface area contributed by atoms with Crippen molar-refractivity contribution in [3.05, 3.63) is 0 Å². The molecule has 0 spiro atoms. The van der Waals surface area contributed by atoms with E-state index in [1.165, 1.54) is 25.7 Å². The van der Waals surface area contributed by atoms with E-state index in [9.17, 15) is 4.79 Å². The van der Waals surface area contributed by atoms with Crippen molar-refractivity contribution in [2.75, 3.05) is 18.9 Å². The first-order valence-corrected chi connectivity index (χ1v) is 7.37. The Kier molecular flexibility index (Phi) is 4.74. The van der Waals surface area contributed by atoms with Gasteiger partial charge in [-0.3, -0.25) is 4.79 Å². The molecule has 17 heavy (non-hydrogen) atoms. The molecule has 2 fully saturated rings. The normalized spacial score (nSPS) is 22.6. The Hall–Kier alpha value is -0.220. The monoisotopic (exact) mass is 257 g/mol. The van der Waals surface area contributed by atoms with Crippen LogP contribution in [0.25, 0.3) is 0 Å². The van der Waals surface area contributed by atoms with Crippen LogP contribution in [0.1, 0.15) is 44.9 Å². The topological polar surface area (TPSA) is 38.3 Å². The van der Waals surface area contributed by atoms with E-state index in [1.54, 1.807) is 0 Å². The highest BCUT2D eigenvalue weighted by atomic mass is 32.1. The van der Waals surface area contributed by atoms with Gasteiger partial charge >= 0.3 is 0 Å². The fourth-order valence-corrected chi connectivity index (χ4v) is 2.87. The quantitative estimate of drug-likeness (QED) is 0.542. The van der Waals surface area contributed by atoms with Crippen molar-refractivity contribution in [3.63, 3.8) is 0 Å². The van der Waals surface area contributed by atoms with Gasteiger partial charge in [-0.25, -0.2) is 0 Å². The zero-order chi connectivity index (χ0) is 12.1. The molecule has 2 aliphatic carbocycles. The third-order valence-corrected chi connectivity index (χ3v) is 4.58. The van der Waals surface area contributed by atoms with Crippen molar-refractivity contribution in [1.29, 1.82) is 0 Å². The van der Waals surface area contributed by atoms with E-state index >= 15 is 0 Å². The summed E-state index contributed by atoms with van der Waals surface area (Å²) in [5, 5.41) is 2.94. The highest BCUT2D eigenvalue weighted by Crippen LogP contribution is 2.49. The highest BCUT2D eigenvalue weighted by molar-refractivity contribution is 7.80. The predicted molar refractivity (Wildman–Crippen MR) is 71.4 cm³/mol. The molecule has 0 unspecified atom stereocenters. The van der Waals surface area contributed by atoms with E-state index in [2.05, 4.69) is 17.9 Å². The fourth-order valence-electron chi connectivity index (χ4n) is 2.44. The van der Waals surface area contributed by atoms with E-state index in [-0.39, 0.29) is 11.3 Å². The lowest BCUT2D eigenvalue weighted by atomic mass is 10.1. The molecular weight excluding hydrogens is 234 g/mol. The standard InChI is InChI=1S/C13H23NO2S/c15-12(9-13(10-17)5-6-13)14-7-8-16-11-3-1-2-4-11/h11,17H,1-10H2,(H,14,15). The lowest BCUT2D eigenvalue weighted by molar-refractivity contribution is -0.122. The summed E-state index contributed by atoms with van der Waals surface area (Å²) in [4.78, 5) is 11.7. The van der Waals surface area contributed by atoms with Gasteiger partial charge in [0.2, 0.25) is 5.91 Å². The molecule has 1 N–H and O–H groups in total. The van der Waals surface area contributed by atoms with Crippen LogP contribution >= 0.6 is 12.6 Å².